The zero-order valence-electron chi connectivity index (χ0n) is 16.8. The van der Waals surface area contributed by atoms with Gasteiger partial charge in [-0.25, -0.2) is 4.98 Å². The maximum atomic E-state index is 13.0. The van der Waals surface area contributed by atoms with Crippen molar-refractivity contribution in [2.45, 2.75) is 6.54 Å². The summed E-state index contributed by atoms with van der Waals surface area (Å²) in [7, 11) is 3.19. The van der Waals surface area contributed by atoms with Crippen molar-refractivity contribution in [3.63, 3.8) is 0 Å². The molecule has 0 aliphatic heterocycles. The van der Waals surface area contributed by atoms with Crippen LogP contribution in [0.15, 0.2) is 67.8 Å². The highest BCUT2D eigenvalue weighted by atomic mass is 16.5. The second-order valence-electron chi connectivity index (χ2n) is 6.46. The lowest BCUT2D eigenvalue weighted by Crippen LogP contribution is -2.34. The van der Waals surface area contributed by atoms with Gasteiger partial charge in [0, 0.05) is 18.7 Å². The van der Waals surface area contributed by atoms with Gasteiger partial charge in [-0.3, -0.25) is 4.79 Å². The van der Waals surface area contributed by atoms with Crippen LogP contribution in [0.3, 0.4) is 0 Å². The minimum absolute atomic E-state index is 0.0327. The number of ether oxygens (including phenoxy) is 2. The van der Waals surface area contributed by atoms with Gasteiger partial charge in [-0.15, -0.1) is 13.2 Å². The smallest absolute Gasteiger partial charge is 0.243 e. The van der Waals surface area contributed by atoms with Gasteiger partial charge in [0.25, 0.3) is 0 Å². The van der Waals surface area contributed by atoms with Gasteiger partial charge in [0.15, 0.2) is 11.5 Å². The first-order valence-electron chi connectivity index (χ1n) is 9.30. The molecule has 1 aromatic heterocycles. The van der Waals surface area contributed by atoms with Crippen molar-refractivity contribution < 1.29 is 14.3 Å². The summed E-state index contributed by atoms with van der Waals surface area (Å²) in [4.78, 5) is 19.5. The third kappa shape index (κ3) is 4.16. The molecule has 6 heteroatoms. The molecule has 0 aliphatic rings. The summed E-state index contributed by atoms with van der Waals surface area (Å²) in [5.41, 5.74) is 2.55. The molecule has 0 aliphatic carbocycles. The quantitative estimate of drug-likeness (QED) is 0.519. The number of imidazole rings is 1. The molecule has 0 radical (unpaired) electrons. The summed E-state index contributed by atoms with van der Waals surface area (Å²) >= 11 is 0. The number of benzene rings is 2. The minimum atomic E-state index is -0.0327. The zero-order chi connectivity index (χ0) is 20.8. The number of carbonyl (C=O) groups is 1. The van der Waals surface area contributed by atoms with Gasteiger partial charge in [-0.2, -0.15) is 0 Å². The van der Waals surface area contributed by atoms with Gasteiger partial charge in [0.2, 0.25) is 5.91 Å². The molecule has 0 bridgehead atoms. The summed E-state index contributed by atoms with van der Waals surface area (Å²) in [6.07, 6.45) is 3.42. The highest BCUT2D eigenvalue weighted by Crippen LogP contribution is 2.33. The molecule has 150 valence electrons. The van der Waals surface area contributed by atoms with Crippen molar-refractivity contribution in [2.24, 2.45) is 0 Å². The van der Waals surface area contributed by atoms with Crippen LogP contribution < -0.4 is 9.47 Å². The third-order valence-corrected chi connectivity index (χ3v) is 4.64. The monoisotopic (exact) mass is 391 g/mol. The standard InChI is InChI=1S/C23H25N3O3/c1-5-13-25(14-6-2)22(27)16-26-19-10-8-7-9-18(19)24-23(26)17-11-12-20(28-3)21(15-17)29-4/h5-12,15H,1-2,13-14,16H2,3-4H3. The molecule has 1 amide bonds. The van der Waals surface area contributed by atoms with Crippen LogP contribution in [-0.2, 0) is 11.3 Å². The number of aromatic nitrogens is 2. The molecule has 0 saturated heterocycles. The average Bonchev–Trinajstić information content (AvgIpc) is 3.11. The highest BCUT2D eigenvalue weighted by Gasteiger charge is 2.19. The molecule has 0 N–H and O–H groups in total. The molecule has 0 unspecified atom stereocenters. The molecule has 0 saturated carbocycles. The Hall–Kier alpha value is -3.54. The summed E-state index contributed by atoms with van der Waals surface area (Å²) in [5, 5.41) is 0. The highest BCUT2D eigenvalue weighted by molar-refractivity contribution is 5.85. The van der Waals surface area contributed by atoms with E-state index in [-0.39, 0.29) is 12.5 Å². The molecular formula is C23H25N3O3. The summed E-state index contributed by atoms with van der Waals surface area (Å²) < 4.78 is 12.7. The van der Waals surface area contributed by atoms with E-state index in [0.29, 0.717) is 30.4 Å². The predicted molar refractivity (Wildman–Crippen MR) is 115 cm³/mol. The molecule has 3 aromatic rings. The van der Waals surface area contributed by atoms with E-state index >= 15 is 0 Å². The Morgan fingerprint density at radius 1 is 1.07 bits per heavy atom. The SMILES string of the molecule is C=CCN(CC=C)C(=O)Cn1c(-c2ccc(OC)c(OC)c2)nc2ccccc21. The average molecular weight is 391 g/mol. The van der Waals surface area contributed by atoms with Gasteiger partial charge in [0.1, 0.15) is 12.4 Å². The van der Waals surface area contributed by atoms with E-state index in [1.165, 1.54) is 0 Å². The maximum absolute atomic E-state index is 13.0. The number of amides is 1. The molecular weight excluding hydrogens is 366 g/mol. The van der Waals surface area contributed by atoms with E-state index < -0.39 is 0 Å². The van der Waals surface area contributed by atoms with Crippen molar-refractivity contribution in [3.05, 3.63) is 67.8 Å². The zero-order valence-corrected chi connectivity index (χ0v) is 16.8. The summed E-state index contributed by atoms with van der Waals surface area (Å²) in [5.74, 6) is 1.90. The van der Waals surface area contributed by atoms with E-state index in [2.05, 4.69) is 13.2 Å². The second kappa shape index (κ2) is 9.10. The lowest BCUT2D eigenvalue weighted by Gasteiger charge is -2.20. The van der Waals surface area contributed by atoms with Gasteiger partial charge < -0.3 is 18.9 Å². The number of carbonyl (C=O) groups excluding carboxylic acids is 1. The van der Waals surface area contributed by atoms with Crippen molar-refractivity contribution in [1.82, 2.24) is 14.5 Å². The molecule has 0 fully saturated rings. The van der Waals surface area contributed by atoms with Crippen molar-refractivity contribution in [3.8, 4) is 22.9 Å². The van der Waals surface area contributed by atoms with Crippen LogP contribution >= 0.6 is 0 Å². The van der Waals surface area contributed by atoms with Gasteiger partial charge in [-0.05, 0) is 30.3 Å². The Kier molecular flexibility index (Phi) is 6.34. The first-order chi connectivity index (χ1) is 14.1. The van der Waals surface area contributed by atoms with Crippen LogP contribution in [0.5, 0.6) is 11.5 Å². The van der Waals surface area contributed by atoms with Crippen LogP contribution in [0.25, 0.3) is 22.4 Å². The van der Waals surface area contributed by atoms with Crippen LogP contribution in [0.4, 0.5) is 0 Å². The molecule has 3 rings (SSSR count). The van der Waals surface area contributed by atoms with Gasteiger partial charge in [-0.1, -0.05) is 24.3 Å². The predicted octanol–water partition coefficient (Wildman–Crippen LogP) is 3.92. The van der Waals surface area contributed by atoms with Crippen molar-refractivity contribution in [2.75, 3.05) is 27.3 Å². The summed E-state index contributed by atoms with van der Waals surface area (Å²) in [6, 6.07) is 13.4. The normalized spacial score (nSPS) is 10.6. The van der Waals surface area contributed by atoms with E-state index in [4.69, 9.17) is 14.5 Å². The number of fused-ring (bicyclic) bond motifs is 1. The second-order valence-corrected chi connectivity index (χ2v) is 6.46. The molecule has 0 atom stereocenters. The Balaban J connectivity index is 2.08. The van der Waals surface area contributed by atoms with E-state index in [1.54, 1.807) is 31.3 Å². The van der Waals surface area contributed by atoms with Crippen LogP contribution in [0.1, 0.15) is 0 Å². The van der Waals surface area contributed by atoms with Gasteiger partial charge in [0.05, 0.1) is 25.3 Å². The van der Waals surface area contributed by atoms with Crippen LogP contribution in [-0.4, -0.2) is 47.7 Å². The molecule has 0 spiro atoms. The largest absolute Gasteiger partial charge is 0.493 e. The molecule has 2 aromatic carbocycles. The van der Waals surface area contributed by atoms with Crippen LogP contribution in [0, 0.1) is 0 Å². The minimum Gasteiger partial charge on any atom is -0.493 e. The lowest BCUT2D eigenvalue weighted by atomic mass is 10.2. The molecule has 6 nitrogen and oxygen atoms in total. The fourth-order valence-corrected chi connectivity index (χ4v) is 3.26. The number of methoxy groups -OCH3 is 2. The Morgan fingerprint density at radius 2 is 1.76 bits per heavy atom. The Morgan fingerprint density at radius 3 is 2.41 bits per heavy atom. The topological polar surface area (TPSA) is 56.6 Å². The summed E-state index contributed by atoms with van der Waals surface area (Å²) in [6.45, 7) is 8.56. The Bertz CT molecular complexity index is 1030. The van der Waals surface area contributed by atoms with E-state index in [0.717, 1.165) is 16.6 Å². The van der Waals surface area contributed by atoms with Crippen LogP contribution in [0.2, 0.25) is 0 Å². The fourth-order valence-electron chi connectivity index (χ4n) is 3.26. The van der Waals surface area contributed by atoms with E-state index in [9.17, 15) is 4.79 Å². The maximum Gasteiger partial charge on any atom is 0.243 e. The number of hydrogen-bond acceptors (Lipinski definition) is 4. The molecule has 1 heterocycles. The molecule has 29 heavy (non-hydrogen) atoms. The lowest BCUT2D eigenvalue weighted by molar-refractivity contribution is -0.130. The fraction of sp³-hybridized carbons (Fsp3) is 0.217. The first-order valence-corrected chi connectivity index (χ1v) is 9.30. The number of nitrogens with zero attached hydrogens (tertiary/aromatic N) is 3. The first kappa shape index (κ1) is 20.2. The van der Waals surface area contributed by atoms with Gasteiger partial charge >= 0.3 is 0 Å². The third-order valence-electron chi connectivity index (χ3n) is 4.64. The van der Waals surface area contributed by atoms with Crippen molar-refractivity contribution >= 4 is 16.9 Å². The van der Waals surface area contributed by atoms with E-state index in [1.807, 2.05) is 47.0 Å². The Labute approximate surface area is 170 Å². The number of para-hydroxylation sites is 2. The number of hydrogen-bond donors (Lipinski definition) is 0. The van der Waals surface area contributed by atoms with Crippen molar-refractivity contribution in [1.29, 1.82) is 0 Å². The number of rotatable bonds is 9.